The van der Waals surface area contributed by atoms with E-state index < -0.39 is 0 Å². The SMILES string of the molecule is CC(C)Oc1ccc(NC(=NCCc2cccs2)NCCC(=O)N(C)C)cc1. The monoisotopic (exact) mass is 402 g/mol. The van der Waals surface area contributed by atoms with Gasteiger partial charge in [-0.2, -0.15) is 0 Å². The quantitative estimate of drug-likeness (QED) is 0.497. The van der Waals surface area contributed by atoms with Gasteiger partial charge in [0.2, 0.25) is 5.91 Å². The second-order valence-electron chi connectivity index (χ2n) is 6.84. The molecule has 6 nitrogen and oxygen atoms in total. The summed E-state index contributed by atoms with van der Waals surface area (Å²) in [7, 11) is 3.52. The summed E-state index contributed by atoms with van der Waals surface area (Å²) in [5.41, 5.74) is 0.914. The van der Waals surface area contributed by atoms with Crippen molar-refractivity contribution in [2.45, 2.75) is 32.8 Å². The molecule has 0 saturated carbocycles. The average Bonchev–Trinajstić information content (AvgIpc) is 3.16. The predicted molar refractivity (Wildman–Crippen MR) is 117 cm³/mol. The van der Waals surface area contributed by atoms with E-state index in [9.17, 15) is 4.79 Å². The van der Waals surface area contributed by atoms with Gasteiger partial charge in [0.05, 0.1) is 6.10 Å². The second-order valence-corrected chi connectivity index (χ2v) is 7.87. The number of guanidine groups is 1. The molecule has 0 spiro atoms. The van der Waals surface area contributed by atoms with Crippen molar-refractivity contribution in [2.24, 2.45) is 4.99 Å². The lowest BCUT2D eigenvalue weighted by Gasteiger charge is -2.15. The Hall–Kier alpha value is -2.54. The number of benzene rings is 1. The molecule has 2 rings (SSSR count). The van der Waals surface area contributed by atoms with Gasteiger partial charge in [-0.05, 0) is 49.6 Å². The van der Waals surface area contributed by atoms with Gasteiger partial charge in [-0.25, -0.2) is 0 Å². The maximum Gasteiger partial charge on any atom is 0.223 e. The van der Waals surface area contributed by atoms with Crippen LogP contribution in [0.25, 0.3) is 0 Å². The van der Waals surface area contributed by atoms with Crippen molar-refractivity contribution in [1.29, 1.82) is 0 Å². The molecule has 7 heteroatoms. The summed E-state index contributed by atoms with van der Waals surface area (Å²) in [6.07, 6.45) is 1.45. The van der Waals surface area contributed by atoms with Crippen LogP contribution in [0.2, 0.25) is 0 Å². The summed E-state index contributed by atoms with van der Waals surface area (Å²) >= 11 is 1.74. The molecular formula is C21H30N4O2S. The molecule has 0 aliphatic rings. The minimum atomic E-state index is 0.0839. The number of carbonyl (C=O) groups excluding carboxylic acids is 1. The Bertz CT molecular complexity index is 740. The minimum absolute atomic E-state index is 0.0839. The molecule has 28 heavy (non-hydrogen) atoms. The van der Waals surface area contributed by atoms with Crippen molar-refractivity contribution >= 4 is 28.9 Å². The standard InChI is InChI=1S/C21H30N4O2S/c1-16(2)27-18-9-7-17(8-10-18)24-21(23-14-12-20(26)25(3)4)22-13-11-19-6-5-15-28-19/h5-10,15-16H,11-14H2,1-4H3,(H2,22,23,24). The van der Waals surface area contributed by atoms with Crippen LogP contribution in [0.4, 0.5) is 5.69 Å². The Labute approximate surface area is 171 Å². The van der Waals surface area contributed by atoms with Crippen molar-refractivity contribution in [3.8, 4) is 5.75 Å². The topological polar surface area (TPSA) is 66.0 Å². The van der Waals surface area contributed by atoms with E-state index in [2.05, 4.69) is 33.1 Å². The number of ether oxygens (including phenoxy) is 1. The maximum atomic E-state index is 11.8. The molecule has 0 bridgehead atoms. The third-order valence-corrected chi connectivity index (χ3v) is 4.76. The van der Waals surface area contributed by atoms with E-state index in [0.717, 1.165) is 17.9 Å². The lowest BCUT2D eigenvalue weighted by Crippen LogP contribution is -2.34. The summed E-state index contributed by atoms with van der Waals surface area (Å²) < 4.78 is 5.68. The molecule has 1 aromatic heterocycles. The molecule has 0 saturated heterocycles. The average molecular weight is 403 g/mol. The van der Waals surface area contributed by atoms with Gasteiger partial charge in [0.1, 0.15) is 5.75 Å². The number of hydrogen-bond acceptors (Lipinski definition) is 4. The normalized spacial score (nSPS) is 11.4. The van der Waals surface area contributed by atoms with Crippen LogP contribution in [0.15, 0.2) is 46.8 Å². The first-order chi connectivity index (χ1) is 13.4. The van der Waals surface area contributed by atoms with Crippen molar-refractivity contribution in [1.82, 2.24) is 10.2 Å². The molecule has 152 valence electrons. The van der Waals surface area contributed by atoms with Gasteiger partial charge in [0, 0.05) is 50.6 Å². The number of hydrogen-bond donors (Lipinski definition) is 2. The van der Waals surface area contributed by atoms with Crippen molar-refractivity contribution in [3.05, 3.63) is 46.7 Å². The van der Waals surface area contributed by atoms with Gasteiger partial charge < -0.3 is 20.3 Å². The molecule has 2 N–H and O–H groups in total. The highest BCUT2D eigenvalue weighted by Crippen LogP contribution is 2.17. The van der Waals surface area contributed by atoms with Gasteiger partial charge >= 0.3 is 0 Å². The number of anilines is 1. The molecule has 0 unspecified atom stereocenters. The van der Waals surface area contributed by atoms with Crippen LogP contribution in [0.5, 0.6) is 5.75 Å². The number of thiophene rings is 1. The molecule has 1 amide bonds. The Morgan fingerprint density at radius 3 is 2.57 bits per heavy atom. The Balaban J connectivity index is 1.96. The fourth-order valence-electron chi connectivity index (χ4n) is 2.41. The highest BCUT2D eigenvalue weighted by Gasteiger charge is 2.06. The van der Waals surface area contributed by atoms with E-state index >= 15 is 0 Å². The van der Waals surface area contributed by atoms with E-state index in [4.69, 9.17) is 4.74 Å². The third kappa shape index (κ3) is 8.00. The Kier molecular flexibility index (Phi) is 8.81. The highest BCUT2D eigenvalue weighted by molar-refractivity contribution is 7.09. The minimum Gasteiger partial charge on any atom is -0.491 e. The van der Waals surface area contributed by atoms with Crippen LogP contribution >= 0.6 is 11.3 Å². The van der Waals surface area contributed by atoms with E-state index in [-0.39, 0.29) is 12.0 Å². The third-order valence-electron chi connectivity index (χ3n) is 3.83. The number of carbonyl (C=O) groups is 1. The summed E-state index contributed by atoms with van der Waals surface area (Å²) in [6, 6.07) is 11.9. The Morgan fingerprint density at radius 2 is 1.96 bits per heavy atom. The van der Waals surface area contributed by atoms with Gasteiger partial charge in [-0.3, -0.25) is 9.79 Å². The largest absolute Gasteiger partial charge is 0.491 e. The number of rotatable bonds is 9. The van der Waals surface area contributed by atoms with E-state index in [1.54, 1.807) is 30.3 Å². The zero-order valence-electron chi connectivity index (χ0n) is 17.1. The summed E-state index contributed by atoms with van der Waals surface area (Å²) in [6.45, 7) is 5.20. The Morgan fingerprint density at radius 1 is 1.21 bits per heavy atom. The molecule has 1 heterocycles. The number of aliphatic imine (C=N–C) groups is 1. The van der Waals surface area contributed by atoms with Crippen molar-refractivity contribution in [2.75, 3.05) is 32.5 Å². The van der Waals surface area contributed by atoms with Crippen LogP contribution in [0.1, 0.15) is 25.1 Å². The van der Waals surface area contributed by atoms with Crippen LogP contribution < -0.4 is 15.4 Å². The van der Waals surface area contributed by atoms with Crippen molar-refractivity contribution < 1.29 is 9.53 Å². The molecule has 1 aromatic carbocycles. The second kappa shape index (κ2) is 11.3. The molecule has 0 aliphatic heterocycles. The highest BCUT2D eigenvalue weighted by atomic mass is 32.1. The summed E-state index contributed by atoms with van der Waals surface area (Å²) in [5, 5.41) is 8.62. The molecule has 0 radical (unpaired) electrons. The van der Waals surface area contributed by atoms with Crippen LogP contribution in [0.3, 0.4) is 0 Å². The first kappa shape index (κ1) is 21.8. The van der Waals surface area contributed by atoms with Crippen molar-refractivity contribution in [3.63, 3.8) is 0 Å². The van der Waals surface area contributed by atoms with Gasteiger partial charge in [0.15, 0.2) is 5.96 Å². The van der Waals surface area contributed by atoms with Gasteiger partial charge in [-0.15, -0.1) is 11.3 Å². The van der Waals surface area contributed by atoms with Crippen LogP contribution in [0, 0.1) is 0 Å². The fourth-order valence-corrected chi connectivity index (χ4v) is 3.11. The first-order valence-corrected chi connectivity index (χ1v) is 10.4. The predicted octanol–water partition coefficient (Wildman–Crippen LogP) is 3.61. The van der Waals surface area contributed by atoms with Crippen LogP contribution in [-0.2, 0) is 11.2 Å². The molecular weight excluding hydrogens is 372 g/mol. The zero-order valence-corrected chi connectivity index (χ0v) is 17.9. The number of nitrogens with zero attached hydrogens (tertiary/aromatic N) is 2. The maximum absolute atomic E-state index is 11.8. The first-order valence-electron chi connectivity index (χ1n) is 9.48. The summed E-state index contributed by atoms with van der Waals surface area (Å²) in [5.74, 6) is 1.59. The van der Waals surface area contributed by atoms with E-state index in [1.165, 1.54) is 4.88 Å². The molecule has 2 aromatic rings. The van der Waals surface area contributed by atoms with Gasteiger partial charge in [0.25, 0.3) is 0 Å². The van der Waals surface area contributed by atoms with Gasteiger partial charge in [-0.1, -0.05) is 6.07 Å². The zero-order chi connectivity index (χ0) is 20.4. The fraction of sp³-hybridized carbons (Fsp3) is 0.429. The van der Waals surface area contributed by atoms with Crippen LogP contribution in [-0.4, -0.2) is 50.1 Å². The van der Waals surface area contributed by atoms with E-state index in [1.807, 2.05) is 38.1 Å². The lowest BCUT2D eigenvalue weighted by atomic mass is 10.3. The lowest BCUT2D eigenvalue weighted by molar-refractivity contribution is -0.128. The van der Waals surface area contributed by atoms with E-state index in [0.29, 0.717) is 25.5 Å². The molecule has 0 aliphatic carbocycles. The molecule has 0 atom stereocenters. The smallest absolute Gasteiger partial charge is 0.223 e. The molecule has 0 fully saturated rings. The number of nitrogens with one attached hydrogen (secondary N) is 2. The number of amides is 1. The summed E-state index contributed by atoms with van der Waals surface area (Å²) in [4.78, 5) is 19.3.